The number of aliphatic hydroxyl groups is 1. The van der Waals surface area contributed by atoms with Crippen LogP contribution in [0, 0.1) is 11.6 Å². The molecule has 1 fully saturated rings. The van der Waals surface area contributed by atoms with Crippen LogP contribution in [-0.4, -0.2) is 35.1 Å². The van der Waals surface area contributed by atoms with E-state index >= 15 is 0 Å². The number of rotatable bonds is 3. The molecular formula is C14H18F2N2O2. The molecule has 110 valence electrons. The van der Waals surface area contributed by atoms with Crippen molar-refractivity contribution in [3.05, 3.63) is 29.3 Å². The topological polar surface area (TPSA) is 66.6 Å². The van der Waals surface area contributed by atoms with Gasteiger partial charge in [0.15, 0.2) is 0 Å². The number of nitrogen functional groups attached to an aromatic ring is 1. The van der Waals surface area contributed by atoms with E-state index in [9.17, 15) is 13.6 Å². The maximum absolute atomic E-state index is 13.4. The Kier molecular flexibility index (Phi) is 4.54. The minimum Gasteiger partial charge on any atom is -0.396 e. The summed E-state index contributed by atoms with van der Waals surface area (Å²) in [6.45, 7) is 0.524. The first-order valence-electron chi connectivity index (χ1n) is 6.71. The summed E-state index contributed by atoms with van der Waals surface area (Å²) in [4.78, 5) is 14.0. The molecule has 0 bridgehead atoms. The molecule has 0 saturated carbocycles. The van der Waals surface area contributed by atoms with Crippen LogP contribution >= 0.6 is 0 Å². The number of carbonyl (C=O) groups is 1. The SMILES string of the molecule is Nc1c(F)cc(C(=O)N2CCCCC2CCO)cc1F. The summed E-state index contributed by atoms with van der Waals surface area (Å²) in [5.41, 5.74) is 4.58. The number of benzene rings is 1. The van der Waals surface area contributed by atoms with E-state index in [1.54, 1.807) is 4.90 Å². The second kappa shape index (κ2) is 6.17. The number of likely N-dealkylation sites (tertiary alicyclic amines) is 1. The minimum absolute atomic E-state index is 0.0150. The fraction of sp³-hybridized carbons (Fsp3) is 0.500. The number of anilines is 1. The third-order valence-electron chi connectivity index (χ3n) is 3.68. The molecule has 20 heavy (non-hydrogen) atoms. The lowest BCUT2D eigenvalue weighted by Gasteiger charge is -2.35. The van der Waals surface area contributed by atoms with Gasteiger partial charge in [0.25, 0.3) is 5.91 Å². The molecular weight excluding hydrogens is 266 g/mol. The maximum atomic E-state index is 13.4. The smallest absolute Gasteiger partial charge is 0.254 e. The zero-order valence-corrected chi connectivity index (χ0v) is 11.1. The van der Waals surface area contributed by atoms with Gasteiger partial charge >= 0.3 is 0 Å². The number of amides is 1. The number of hydrogen-bond donors (Lipinski definition) is 2. The van der Waals surface area contributed by atoms with Crippen LogP contribution in [0.1, 0.15) is 36.0 Å². The van der Waals surface area contributed by atoms with Crippen LogP contribution in [-0.2, 0) is 0 Å². The Morgan fingerprint density at radius 1 is 1.35 bits per heavy atom. The molecule has 1 heterocycles. The quantitative estimate of drug-likeness (QED) is 0.833. The lowest BCUT2D eigenvalue weighted by Crippen LogP contribution is -2.44. The third-order valence-corrected chi connectivity index (χ3v) is 3.68. The number of hydrogen-bond acceptors (Lipinski definition) is 3. The van der Waals surface area contributed by atoms with E-state index in [0.29, 0.717) is 13.0 Å². The molecule has 1 saturated heterocycles. The van der Waals surface area contributed by atoms with Crippen LogP contribution in [0.3, 0.4) is 0 Å². The second-order valence-electron chi connectivity index (χ2n) is 5.01. The highest BCUT2D eigenvalue weighted by Crippen LogP contribution is 2.24. The molecule has 0 radical (unpaired) electrons. The van der Waals surface area contributed by atoms with Crippen molar-refractivity contribution in [2.24, 2.45) is 0 Å². The van der Waals surface area contributed by atoms with Gasteiger partial charge in [0, 0.05) is 24.8 Å². The number of nitrogens with zero attached hydrogens (tertiary/aromatic N) is 1. The van der Waals surface area contributed by atoms with Crippen molar-refractivity contribution in [1.29, 1.82) is 0 Å². The monoisotopic (exact) mass is 284 g/mol. The van der Waals surface area contributed by atoms with Gasteiger partial charge in [0.1, 0.15) is 17.3 Å². The first kappa shape index (κ1) is 14.7. The summed E-state index contributed by atoms with van der Waals surface area (Å²) in [6, 6.07) is 1.85. The molecule has 1 aliphatic heterocycles. The van der Waals surface area contributed by atoms with Gasteiger partial charge < -0.3 is 15.7 Å². The van der Waals surface area contributed by atoms with Gasteiger partial charge in [-0.3, -0.25) is 4.79 Å². The Hall–Kier alpha value is -1.69. The molecule has 2 rings (SSSR count). The molecule has 0 spiro atoms. The van der Waals surface area contributed by atoms with Crippen molar-refractivity contribution in [1.82, 2.24) is 4.90 Å². The van der Waals surface area contributed by atoms with E-state index in [2.05, 4.69) is 0 Å². The van der Waals surface area contributed by atoms with Gasteiger partial charge in [0.05, 0.1) is 0 Å². The summed E-state index contributed by atoms with van der Waals surface area (Å²) >= 11 is 0. The molecule has 1 atom stereocenters. The largest absolute Gasteiger partial charge is 0.396 e. The van der Waals surface area contributed by atoms with E-state index in [0.717, 1.165) is 31.4 Å². The Morgan fingerprint density at radius 3 is 2.60 bits per heavy atom. The number of aliphatic hydroxyl groups excluding tert-OH is 1. The first-order valence-corrected chi connectivity index (χ1v) is 6.71. The number of halogens is 2. The maximum Gasteiger partial charge on any atom is 0.254 e. The number of carbonyl (C=O) groups excluding carboxylic acids is 1. The van der Waals surface area contributed by atoms with Crippen molar-refractivity contribution in [2.45, 2.75) is 31.7 Å². The fourth-order valence-electron chi connectivity index (χ4n) is 2.59. The van der Waals surface area contributed by atoms with Crippen LogP contribution in [0.4, 0.5) is 14.5 Å². The molecule has 6 heteroatoms. The van der Waals surface area contributed by atoms with Crippen LogP contribution in [0.25, 0.3) is 0 Å². The Morgan fingerprint density at radius 2 is 2.00 bits per heavy atom. The van der Waals surface area contributed by atoms with E-state index < -0.39 is 23.2 Å². The molecule has 3 N–H and O–H groups in total. The summed E-state index contributed by atoms with van der Waals surface area (Å²) in [5.74, 6) is -2.27. The van der Waals surface area contributed by atoms with E-state index in [1.807, 2.05) is 0 Å². The van der Waals surface area contributed by atoms with Crippen molar-refractivity contribution >= 4 is 11.6 Å². The predicted octanol–water partition coefficient (Wildman–Crippen LogP) is 1.92. The van der Waals surface area contributed by atoms with Gasteiger partial charge in [-0.25, -0.2) is 8.78 Å². The lowest BCUT2D eigenvalue weighted by molar-refractivity contribution is 0.0573. The molecule has 4 nitrogen and oxygen atoms in total. The Labute approximate surface area is 116 Å². The van der Waals surface area contributed by atoms with Gasteiger partial charge in [-0.05, 0) is 37.8 Å². The number of piperidine rings is 1. The van der Waals surface area contributed by atoms with Crippen LogP contribution in [0.5, 0.6) is 0 Å². The van der Waals surface area contributed by atoms with Crippen molar-refractivity contribution < 1.29 is 18.7 Å². The average molecular weight is 284 g/mol. The third kappa shape index (κ3) is 2.90. The average Bonchev–Trinajstić information content (AvgIpc) is 2.44. The highest BCUT2D eigenvalue weighted by Gasteiger charge is 2.28. The molecule has 1 amide bonds. The van der Waals surface area contributed by atoms with E-state index in [4.69, 9.17) is 10.8 Å². The van der Waals surface area contributed by atoms with Gasteiger partial charge in [0.2, 0.25) is 0 Å². The zero-order valence-electron chi connectivity index (χ0n) is 11.1. The zero-order chi connectivity index (χ0) is 14.7. The molecule has 0 aliphatic carbocycles. The molecule has 1 aromatic carbocycles. The highest BCUT2D eigenvalue weighted by molar-refractivity contribution is 5.95. The van der Waals surface area contributed by atoms with E-state index in [-0.39, 0.29) is 18.2 Å². The summed E-state index contributed by atoms with van der Waals surface area (Å²) in [6.07, 6.45) is 3.12. The summed E-state index contributed by atoms with van der Waals surface area (Å²) in [7, 11) is 0. The second-order valence-corrected chi connectivity index (χ2v) is 5.01. The van der Waals surface area contributed by atoms with Crippen molar-refractivity contribution in [3.8, 4) is 0 Å². The lowest BCUT2D eigenvalue weighted by atomic mass is 9.98. The molecule has 0 aromatic heterocycles. The Balaban J connectivity index is 2.25. The summed E-state index contributed by atoms with van der Waals surface area (Å²) in [5, 5.41) is 9.04. The van der Waals surface area contributed by atoms with E-state index in [1.165, 1.54) is 0 Å². The molecule has 1 aliphatic rings. The van der Waals surface area contributed by atoms with Gasteiger partial charge in [-0.1, -0.05) is 0 Å². The normalized spacial score (nSPS) is 19.1. The van der Waals surface area contributed by atoms with Crippen molar-refractivity contribution in [3.63, 3.8) is 0 Å². The first-order chi connectivity index (χ1) is 9.54. The Bertz CT molecular complexity index is 483. The highest BCUT2D eigenvalue weighted by atomic mass is 19.1. The van der Waals surface area contributed by atoms with Gasteiger partial charge in [-0.15, -0.1) is 0 Å². The predicted molar refractivity (Wildman–Crippen MR) is 71.1 cm³/mol. The van der Waals surface area contributed by atoms with Crippen LogP contribution in [0.15, 0.2) is 12.1 Å². The molecule has 1 aromatic rings. The van der Waals surface area contributed by atoms with Crippen molar-refractivity contribution in [2.75, 3.05) is 18.9 Å². The molecule has 1 unspecified atom stereocenters. The minimum atomic E-state index is -0.927. The summed E-state index contributed by atoms with van der Waals surface area (Å²) < 4.78 is 26.9. The van der Waals surface area contributed by atoms with Gasteiger partial charge in [-0.2, -0.15) is 0 Å². The van der Waals surface area contributed by atoms with Crippen LogP contribution < -0.4 is 5.73 Å². The van der Waals surface area contributed by atoms with Crippen LogP contribution in [0.2, 0.25) is 0 Å². The fourth-order valence-corrected chi connectivity index (χ4v) is 2.59. The number of nitrogens with two attached hydrogens (primary N) is 1. The standard InChI is InChI=1S/C14H18F2N2O2/c15-11-7-9(8-12(16)13(11)17)14(20)18-5-2-1-3-10(18)4-6-19/h7-8,10,19H,1-6,17H2.